The number of benzene rings is 2. The Morgan fingerprint density at radius 3 is 2.48 bits per heavy atom. The lowest BCUT2D eigenvalue weighted by atomic mass is 9.97. The van der Waals surface area contributed by atoms with Crippen LogP contribution in [0.4, 0.5) is 8.78 Å². The van der Waals surface area contributed by atoms with Gasteiger partial charge in [0.1, 0.15) is 18.0 Å². The molecule has 2 aromatic carbocycles. The number of para-hydroxylation sites is 1. The normalized spacial score (nSPS) is 11.4. The van der Waals surface area contributed by atoms with Crippen molar-refractivity contribution in [3.63, 3.8) is 0 Å². The van der Waals surface area contributed by atoms with Gasteiger partial charge in [0.05, 0.1) is 11.1 Å². The topological polar surface area (TPSA) is 42.7 Å². The van der Waals surface area contributed by atoms with E-state index in [1.165, 1.54) is 12.1 Å². The van der Waals surface area contributed by atoms with Crippen LogP contribution >= 0.6 is 0 Å². The molecular formula is C25H29F2NO3. The first-order valence-corrected chi connectivity index (χ1v) is 10.9. The summed E-state index contributed by atoms with van der Waals surface area (Å²) < 4.78 is 40.9. The number of carbonyl (C=O) groups excluding carboxylic acids is 1. The second-order valence-electron chi connectivity index (χ2n) is 7.44. The molecule has 166 valence electrons. The summed E-state index contributed by atoms with van der Waals surface area (Å²) in [4.78, 5) is 15.4. The molecule has 6 heteroatoms. The summed E-state index contributed by atoms with van der Waals surface area (Å²) >= 11 is 0. The molecule has 31 heavy (non-hydrogen) atoms. The van der Waals surface area contributed by atoms with E-state index < -0.39 is 17.4 Å². The Hall–Kier alpha value is -2.73. The predicted octanol–water partition coefficient (Wildman–Crippen LogP) is 6.01. The molecule has 0 spiro atoms. The third kappa shape index (κ3) is 4.96. The number of hydrogen-bond acceptors (Lipinski definition) is 4. The van der Waals surface area contributed by atoms with Gasteiger partial charge < -0.3 is 14.1 Å². The fourth-order valence-corrected chi connectivity index (χ4v) is 3.64. The Morgan fingerprint density at radius 2 is 1.77 bits per heavy atom. The molecule has 0 aliphatic carbocycles. The molecule has 4 nitrogen and oxygen atoms in total. The van der Waals surface area contributed by atoms with Crippen molar-refractivity contribution in [3.8, 4) is 5.75 Å². The van der Waals surface area contributed by atoms with Crippen LogP contribution in [0.25, 0.3) is 11.0 Å². The van der Waals surface area contributed by atoms with E-state index in [4.69, 9.17) is 9.15 Å². The Morgan fingerprint density at radius 1 is 1.03 bits per heavy atom. The zero-order valence-electron chi connectivity index (χ0n) is 18.3. The van der Waals surface area contributed by atoms with Gasteiger partial charge in [-0.25, -0.2) is 4.39 Å². The Labute approximate surface area is 181 Å². The number of rotatable bonds is 11. The van der Waals surface area contributed by atoms with Crippen LogP contribution in [0.1, 0.15) is 55.3 Å². The van der Waals surface area contributed by atoms with Crippen molar-refractivity contribution in [2.75, 3.05) is 26.2 Å². The van der Waals surface area contributed by atoms with Crippen molar-refractivity contribution in [1.29, 1.82) is 0 Å². The maximum Gasteiger partial charge on any atom is 0.201 e. The summed E-state index contributed by atoms with van der Waals surface area (Å²) in [5.74, 6) is -2.61. The van der Waals surface area contributed by atoms with Crippen molar-refractivity contribution in [2.24, 2.45) is 0 Å². The van der Waals surface area contributed by atoms with Gasteiger partial charge in [-0.15, -0.1) is 0 Å². The molecule has 0 aliphatic rings. The first-order chi connectivity index (χ1) is 15.0. The molecule has 1 aromatic heterocycles. The molecule has 0 saturated heterocycles. The zero-order chi connectivity index (χ0) is 22.4. The summed E-state index contributed by atoms with van der Waals surface area (Å²) in [6.07, 6.45) is 2.31. The highest BCUT2D eigenvalue weighted by Gasteiger charge is 2.26. The van der Waals surface area contributed by atoms with Crippen molar-refractivity contribution in [1.82, 2.24) is 4.90 Å². The minimum absolute atomic E-state index is 0.190. The van der Waals surface area contributed by atoms with E-state index in [1.807, 2.05) is 26.8 Å². The average molecular weight is 430 g/mol. The van der Waals surface area contributed by atoms with Gasteiger partial charge in [0, 0.05) is 18.4 Å². The van der Waals surface area contributed by atoms with E-state index in [1.54, 1.807) is 18.2 Å². The Kier molecular flexibility index (Phi) is 7.80. The molecule has 0 radical (unpaired) electrons. The Balaban J connectivity index is 1.90. The van der Waals surface area contributed by atoms with Crippen molar-refractivity contribution in [3.05, 3.63) is 64.9 Å². The standard InChI is InChI=1S/C25H29F2NO3/c1-4-7-11-20-22(17-10-8-9-12-19(17)31-20)25(29)18-13-14-21(24(27)23(18)26)30-16-15-28(5-2)6-3/h8-10,12-14H,4-7,11,15-16H2,1-3H3. The number of ether oxygens (including phenoxy) is 1. The van der Waals surface area contributed by atoms with Crippen LogP contribution in [0.3, 0.4) is 0 Å². The molecular weight excluding hydrogens is 400 g/mol. The minimum Gasteiger partial charge on any atom is -0.489 e. The smallest absolute Gasteiger partial charge is 0.201 e. The van der Waals surface area contributed by atoms with Crippen molar-refractivity contribution >= 4 is 16.8 Å². The van der Waals surface area contributed by atoms with Crippen LogP contribution in [0.5, 0.6) is 5.75 Å². The van der Waals surface area contributed by atoms with Crippen LogP contribution in [0, 0.1) is 11.6 Å². The fraction of sp³-hybridized carbons (Fsp3) is 0.400. The molecule has 0 unspecified atom stereocenters. The molecule has 0 saturated carbocycles. The number of fused-ring (bicyclic) bond motifs is 1. The van der Waals surface area contributed by atoms with E-state index in [2.05, 4.69) is 4.90 Å². The summed E-state index contributed by atoms with van der Waals surface area (Å²) in [5.41, 5.74) is 0.546. The van der Waals surface area contributed by atoms with Crippen LogP contribution in [0.15, 0.2) is 40.8 Å². The molecule has 0 fully saturated rings. The summed E-state index contributed by atoms with van der Waals surface area (Å²) in [7, 11) is 0. The van der Waals surface area contributed by atoms with Gasteiger partial charge in [-0.3, -0.25) is 4.79 Å². The SMILES string of the molecule is CCCCc1oc2ccccc2c1C(=O)c1ccc(OCCN(CC)CC)c(F)c1F. The van der Waals surface area contributed by atoms with Gasteiger partial charge in [-0.05, 0) is 37.7 Å². The number of aryl methyl sites for hydroxylation is 1. The van der Waals surface area contributed by atoms with Crippen molar-refractivity contribution < 1.29 is 22.7 Å². The fourth-order valence-electron chi connectivity index (χ4n) is 3.64. The van der Waals surface area contributed by atoms with Crippen LogP contribution < -0.4 is 4.74 Å². The summed E-state index contributed by atoms with van der Waals surface area (Å²) in [6.45, 7) is 8.64. The maximum atomic E-state index is 14.9. The Bertz CT molecular complexity index is 1040. The molecule has 0 atom stereocenters. The third-order valence-electron chi connectivity index (χ3n) is 5.50. The van der Waals surface area contributed by atoms with E-state index in [-0.39, 0.29) is 17.9 Å². The monoisotopic (exact) mass is 429 g/mol. The zero-order valence-corrected chi connectivity index (χ0v) is 18.3. The number of likely N-dealkylation sites (N-methyl/N-ethyl adjacent to an activating group) is 1. The lowest BCUT2D eigenvalue weighted by Crippen LogP contribution is -2.28. The van der Waals surface area contributed by atoms with Crippen LogP contribution in [0.2, 0.25) is 0 Å². The molecule has 0 aliphatic heterocycles. The molecule has 1 heterocycles. The van der Waals surface area contributed by atoms with Gasteiger partial charge in [-0.1, -0.05) is 45.4 Å². The quantitative estimate of drug-likeness (QED) is 0.350. The number of ketones is 1. The van der Waals surface area contributed by atoms with Crippen LogP contribution in [-0.4, -0.2) is 36.9 Å². The number of furan rings is 1. The van der Waals surface area contributed by atoms with E-state index >= 15 is 0 Å². The van der Waals surface area contributed by atoms with E-state index in [9.17, 15) is 13.6 Å². The number of hydrogen-bond donors (Lipinski definition) is 0. The molecule has 0 amide bonds. The lowest BCUT2D eigenvalue weighted by molar-refractivity contribution is 0.103. The van der Waals surface area contributed by atoms with Gasteiger partial charge >= 0.3 is 0 Å². The number of nitrogens with zero attached hydrogens (tertiary/aromatic N) is 1. The first-order valence-electron chi connectivity index (χ1n) is 10.9. The second-order valence-corrected chi connectivity index (χ2v) is 7.44. The highest BCUT2D eigenvalue weighted by atomic mass is 19.2. The van der Waals surface area contributed by atoms with Gasteiger partial charge in [0.25, 0.3) is 0 Å². The molecule has 0 N–H and O–H groups in total. The highest BCUT2D eigenvalue weighted by molar-refractivity contribution is 6.17. The third-order valence-corrected chi connectivity index (χ3v) is 5.50. The maximum absolute atomic E-state index is 14.9. The minimum atomic E-state index is -1.20. The van der Waals surface area contributed by atoms with Gasteiger partial charge in [-0.2, -0.15) is 4.39 Å². The van der Waals surface area contributed by atoms with Crippen LogP contribution in [-0.2, 0) is 6.42 Å². The number of carbonyl (C=O) groups is 1. The summed E-state index contributed by atoms with van der Waals surface area (Å²) in [6, 6.07) is 9.75. The average Bonchev–Trinajstić information content (AvgIpc) is 3.16. The van der Waals surface area contributed by atoms with E-state index in [0.717, 1.165) is 25.9 Å². The van der Waals surface area contributed by atoms with Gasteiger partial charge in [0.15, 0.2) is 17.3 Å². The lowest BCUT2D eigenvalue weighted by Gasteiger charge is -2.18. The first kappa shape index (κ1) is 22.9. The second kappa shape index (κ2) is 10.5. The van der Waals surface area contributed by atoms with E-state index in [0.29, 0.717) is 35.3 Å². The molecule has 0 bridgehead atoms. The number of halogens is 2. The largest absolute Gasteiger partial charge is 0.489 e. The van der Waals surface area contributed by atoms with Crippen molar-refractivity contribution in [2.45, 2.75) is 40.0 Å². The molecule has 3 rings (SSSR count). The highest BCUT2D eigenvalue weighted by Crippen LogP contribution is 2.31. The number of unbranched alkanes of at least 4 members (excludes halogenated alkanes) is 1. The summed E-state index contributed by atoms with van der Waals surface area (Å²) in [5, 5.41) is 0.609. The molecule has 3 aromatic rings. The predicted molar refractivity (Wildman–Crippen MR) is 118 cm³/mol. The van der Waals surface area contributed by atoms with Gasteiger partial charge in [0.2, 0.25) is 5.82 Å².